The van der Waals surface area contributed by atoms with E-state index in [-0.39, 0.29) is 12.1 Å². The molecule has 0 unspecified atom stereocenters. The van der Waals surface area contributed by atoms with Crippen molar-refractivity contribution >= 4 is 6.03 Å². The van der Waals surface area contributed by atoms with E-state index in [4.69, 9.17) is 4.74 Å². The van der Waals surface area contributed by atoms with Crippen LogP contribution < -0.4 is 5.32 Å². The average Bonchev–Trinajstić information content (AvgIpc) is 2.81. The van der Waals surface area contributed by atoms with Gasteiger partial charge in [0.05, 0.1) is 12.2 Å². The van der Waals surface area contributed by atoms with Gasteiger partial charge < -0.3 is 15.0 Å². The highest BCUT2D eigenvalue weighted by Gasteiger charge is 2.27. The first-order valence-corrected chi connectivity index (χ1v) is 11.7. The Balaban J connectivity index is 1.13. The lowest BCUT2D eigenvalue weighted by Crippen LogP contribution is -2.47. The number of piperidine rings is 2. The van der Waals surface area contributed by atoms with Crippen molar-refractivity contribution in [1.82, 2.24) is 15.1 Å². The van der Waals surface area contributed by atoms with Gasteiger partial charge in [0.1, 0.15) is 0 Å². The van der Waals surface area contributed by atoms with Crippen LogP contribution in [0.2, 0.25) is 0 Å². The molecule has 5 nitrogen and oxygen atoms in total. The highest BCUT2D eigenvalue weighted by Crippen LogP contribution is 2.22. The molecule has 0 bridgehead atoms. The summed E-state index contributed by atoms with van der Waals surface area (Å²) in [5, 5.41) is 3.05. The third kappa shape index (κ3) is 6.55. The van der Waals surface area contributed by atoms with Crippen LogP contribution in [-0.4, -0.2) is 54.2 Å². The molecule has 4 rings (SSSR count). The number of carbonyl (C=O) groups excluding carboxylic acids is 1. The van der Waals surface area contributed by atoms with Crippen LogP contribution >= 0.6 is 0 Å². The summed E-state index contributed by atoms with van der Waals surface area (Å²) in [5.41, 5.74) is 3.75. The van der Waals surface area contributed by atoms with E-state index in [9.17, 15) is 4.79 Å². The van der Waals surface area contributed by atoms with Gasteiger partial charge in [0.15, 0.2) is 0 Å². The Bertz CT molecular complexity index is 808. The molecule has 31 heavy (non-hydrogen) atoms. The maximum atomic E-state index is 12.5. The van der Waals surface area contributed by atoms with E-state index in [2.05, 4.69) is 71.7 Å². The summed E-state index contributed by atoms with van der Waals surface area (Å²) in [6.45, 7) is 7.43. The number of urea groups is 1. The smallest absolute Gasteiger partial charge is 0.317 e. The van der Waals surface area contributed by atoms with Crippen LogP contribution in [-0.2, 0) is 17.8 Å². The lowest BCUT2D eigenvalue weighted by molar-refractivity contribution is -0.0619. The number of hydrogen-bond donors (Lipinski definition) is 1. The second-order valence-corrected chi connectivity index (χ2v) is 8.93. The van der Waals surface area contributed by atoms with Crippen LogP contribution in [0.3, 0.4) is 0 Å². The molecular formula is C26H35N3O2. The molecule has 2 aromatic carbocycles. The van der Waals surface area contributed by atoms with Crippen molar-refractivity contribution in [2.45, 2.75) is 57.9 Å². The Morgan fingerprint density at radius 2 is 1.48 bits per heavy atom. The Morgan fingerprint density at radius 3 is 2.13 bits per heavy atom. The number of hydrogen-bond acceptors (Lipinski definition) is 3. The largest absolute Gasteiger partial charge is 0.375 e. The average molecular weight is 422 g/mol. The van der Waals surface area contributed by atoms with Gasteiger partial charge in [0.2, 0.25) is 0 Å². The Morgan fingerprint density at radius 1 is 0.871 bits per heavy atom. The number of amides is 2. The van der Waals surface area contributed by atoms with Crippen LogP contribution in [0, 0.1) is 6.92 Å². The molecule has 2 amide bonds. The van der Waals surface area contributed by atoms with Crippen molar-refractivity contribution in [3.63, 3.8) is 0 Å². The van der Waals surface area contributed by atoms with Crippen LogP contribution in [0.1, 0.15) is 42.4 Å². The van der Waals surface area contributed by atoms with Gasteiger partial charge in [-0.05, 0) is 43.7 Å². The topological polar surface area (TPSA) is 44.8 Å². The summed E-state index contributed by atoms with van der Waals surface area (Å²) in [4.78, 5) is 16.9. The van der Waals surface area contributed by atoms with E-state index in [1.165, 1.54) is 11.1 Å². The second-order valence-electron chi connectivity index (χ2n) is 8.93. The van der Waals surface area contributed by atoms with Crippen molar-refractivity contribution in [1.29, 1.82) is 0 Å². The summed E-state index contributed by atoms with van der Waals surface area (Å²) in [6, 6.07) is 19.0. The van der Waals surface area contributed by atoms with E-state index in [0.717, 1.165) is 64.0 Å². The van der Waals surface area contributed by atoms with Gasteiger partial charge in [-0.3, -0.25) is 4.90 Å². The minimum absolute atomic E-state index is 0.0354. The molecule has 5 heteroatoms. The van der Waals surface area contributed by atoms with Gasteiger partial charge in [-0.25, -0.2) is 4.79 Å². The molecule has 2 fully saturated rings. The van der Waals surface area contributed by atoms with Crippen LogP contribution in [0.5, 0.6) is 0 Å². The van der Waals surface area contributed by atoms with Crippen molar-refractivity contribution < 1.29 is 9.53 Å². The van der Waals surface area contributed by atoms with Gasteiger partial charge in [-0.2, -0.15) is 0 Å². The van der Waals surface area contributed by atoms with Crippen molar-refractivity contribution in [3.8, 4) is 0 Å². The molecule has 1 N–H and O–H groups in total. The fraction of sp³-hybridized carbons (Fsp3) is 0.500. The van der Waals surface area contributed by atoms with E-state index in [1.54, 1.807) is 0 Å². The van der Waals surface area contributed by atoms with Crippen LogP contribution in [0.25, 0.3) is 0 Å². The summed E-state index contributed by atoms with van der Waals surface area (Å²) in [5.74, 6) is 0. The molecule has 2 saturated heterocycles. The fourth-order valence-corrected chi connectivity index (χ4v) is 4.51. The van der Waals surface area contributed by atoms with Gasteiger partial charge >= 0.3 is 6.03 Å². The highest BCUT2D eigenvalue weighted by molar-refractivity contribution is 5.74. The van der Waals surface area contributed by atoms with Gasteiger partial charge in [-0.1, -0.05) is 60.2 Å². The zero-order valence-electron chi connectivity index (χ0n) is 18.6. The molecule has 2 aliphatic rings. The predicted octanol–water partition coefficient (Wildman–Crippen LogP) is 4.35. The Hall–Kier alpha value is -2.37. The first-order valence-electron chi connectivity index (χ1n) is 11.7. The number of likely N-dealkylation sites (tertiary alicyclic amines) is 2. The molecule has 0 radical (unpaired) electrons. The number of rotatable bonds is 6. The van der Waals surface area contributed by atoms with Gasteiger partial charge in [0.25, 0.3) is 0 Å². The first kappa shape index (κ1) is 21.8. The standard InChI is InChI=1S/C26H35N3O2/c1-21-7-9-22(10-8-21)19-27-26(30)29-17-13-25(14-18-29)31-24-11-15-28(16-12-24)20-23-5-3-2-4-6-23/h2-10,24-25H,11-20H2,1H3,(H,27,30). The highest BCUT2D eigenvalue weighted by atomic mass is 16.5. The summed E-state index contributed by atoms with van der Waals surface area (Å²) in [7, 11) is 0. The Kier molecular flexibility index (Phi) is 7.60. The fourth-order valence-electron chi connectivity index (χ4n) is 4.51. The molecule has 166 valence electrons. The van der Waals surface area contributed by atoms with E-state index >= 15 is 0 Å². The van der Waals surface area contributed by atoms with Crippen LogP contribution in [0.4, 0.5) is 4.79 Å². The zero-order valence-corrected chi connectivity index (χ0v) is 18.6. The lowest BCUT2D eigenvalue weighted by Gasteiger charge is -2.37. The molecule has 0 aliphatic carbocycles. The van der Waals surface area contributed by atoms with Crippen molar-refractivity contribution in [2.75, 3.05) is 26.2 Å². The maximum absolute atomic E-state index is 12.5. The zero-order chi connectivity index (χ0) is 21.5. The van der Waals surface area contributed by atoms with Crippen molar-refractivity contribution in [2.24, 2.45) is 0 Å². The molecule has 2 aromatic rings. The first-order chi connectivity index (χ1) is 15.2. The van der Waals surface area contributed by atoms with Gasteiger partial charge in [-0.15, -0.1) is 0 Å². The van der Waals surface area contributed by atoms with E-state index in [1.807, 2.05) is 4.90 Å². The number of nitrogens with one attached hydrogen (secondary N) is 1. The molecule has 2 heterocycles. The van der Waals surface area contributed by atoms with E-state index in [0.29, 0.717) is 12.6 Å². The molecule has 0 aromatic heterocycles. The summed E-state index contributed by atoms with van der Waals surface area (Å²) < 4.78 is 6.41. The lowest BCUT2D eigenvalue weighted by atomic mass is 10.0. The molecule has 0 spiro atoms. The van der Waals surface area contributed by atoms with Gasteiger partial charge in [0, 0.05) is 39.3 Å². The summed E-state index contributed by atoms with van der Waals surface area (Å²) >= 11 is 0. The third-order valence-electron chi connectivity index (χ3n) is 6.46. The SMILES string of the molecule is Cc1ccc(CNC(=O)N2CCC(OC3CCN(Cc4ccccc4)CC3)CC2)cc1. The monoisotopic (exact) mass is 421 g/mol. The number of ether oxygens (including phenoxy) is 1. The second kappa shape index (κ2) is 10.8. The third-order valence-corrected chi connectivity index (χ3v) is 6.46. The minimum atomic E-state index is 0.0354. The molecular weight excluding hydrogens is 386 g/mol. The number of nitrogens with zero attached hydrogens (tertiary/aromatic N) is 2. The van der Waals surface area contributed by atoms with Crippen LogP contribution in [0.15, 0.2) is 54.6 Å². The summed E-state index contributed by atoms with van der Waals surface area (Å²) in [6.07, 6.45) is 4.71. The molecule has 0 atom stereocenters. The number of aryl methyl sites for hydroxylation is 1. The minimum Gasteiger partial charge on any atom is -0.375 e. The molecule has 0 saturated carbocycles. The maximum Gasteiger partial charge on any atom is 0.317 e. The quantitative estimate of drug-likeness (QED) is 0.754. The Labute approximate surface area is 186 Å². The number of carbonyl (C=O) groups is 1. The predicted molar refractivity (Wildman–Crippen MR) is 124 cm³/mol. The number of benzene rings is 2. The van der Waals surface area contributed by atoms with Crippen molar-refractivity contribution in [3.05, 3.63) is 71.3 Å². The molecule has 2 aliphatic heterocycles. The normalized spacial score (nSPS) is 18.8. The van der Waals surface area contributed by atoms with E-state index < -0.39 is 0 Å².